The number of alkyl halides is 2. The van der Waals surface area contributed by atoms with Gasteiger partial charge in [0, 0.05) is 44.5 Å². The number of nitrogens with zero attached hydrogens (tertiary/aromatic N) is 5. The molecule has 0 radical (unpaired) electrons. The number of hydrogen-bond donors (Lipinski definition) is 1. The fraction of sp³-hybridized carbons (Fsp3) is 0.353. The lowest BCUT2D eigenvalue weighted by Crippen LogP contribution is -2.67. The molecule has 4 atom stereocenters. The Balaban J connectivity index is 1.33. The summed E-state index contributed by atoms with van der Waals surface area (Å²) in [5, 5.41) is 9.53. The molecular weight excluding hydrogens is 764 g/mol. The largest absolute Gasteiger partial charge is 0.504 e. The first-order valence-electron chi connectivity index (χ1n) is 15.8. The Morgan fingerprint density at radius 3 is 2.21 bits per heavy atom. The number of ether oxygens (including phenoxy) is 3. The zero-order chi connectivity index (χ0) is 37.6. The summed E-state index contributed by atoms with van der Waals surface area (Å²) in [4.78, 5) is 69.3. The zero-order valence-corrected chi connectivity index (χ0v) is 30.9. The molecule has 2 aromatic heterocycles. The Morgan fingerprint density at radius 2 is 1.56 bits per heavy atom. The molecule has 14 nitrogen and oxygen atoms in total. The Bertz CT molecular complexity index is 2500. The van der Waals surface area contributed by atoms with Crippen molar-refractivity contribution in [3.63, 3.8) is 0 Å². The third-order valence-electron chi connectivity index (χ3n) is 10.1. The summed E-state index contributed by atoms with van der Waals surface area (Å²) >= 11 is 26.9. The van der Waals surface area contributed by atoms with Crippen LogP contribution in [-0.4, -0.2) is 71.2 Å². The van der Waals surface area contributed by atoms with Crippen LogP contribution in [0.3, 0.4) is 0 Å². The van der Waals surface area contributed by atoms with Gasteiger partial charge in [-0.25, -0.2) is 28.5 Å². The van der Waals surface area contributed by atoms with Gasteiger partial charge in [0.25, 0.3) is 5.56 Å². The number of aromatic nitrogens is 5. The van der Waals surface area contributed by atoms with Crippen LogP contribution in [0.25, 0.3) is 11.0 Å². The lowest BCUT2D eigenvalue weighted by atomic mass is 9.59. The Hall–Kier alpha value is -4.50. The molecule has 4 unspecified atom stereocenters. The number of phenols is 1. The van der Waals surface area contributed by atoms with E-state index in [-0.39, 0.29) is 42.3 Å². The molecule has 0 amide bonds. The van der Waals surface area contributed by atoms with E-state index in [2.05, 4.69) is 4.98 Å². The molecule has 18 heteroatoms. The number of benzene rings is 2. The van der Waals surface area contributed by atoms with Gasteiger partial charge in [0.15, 0.2) is 34.6 Å². The summed E-state index contributed by atoms with van der Waals surface area (Å²) in [6, 6.07) is 6.47. The number of methoxy groups -OCH3 is 3. The second-order valence-corrected chi connectivity index (χ2v) is 14.6. The van der Waals surface area contributed by atoms with Crippen molar-refractivity contribution in [1.29, 1.82) is 0 Å². The van der Waals surface area contributed by atoms with E-state index in [9.17, 15) is 29.1 Å². The second kappa shape index (κ2) is 12.6. The van der Waals surface area contributed by atoms with Crippen molar-refractivity contribution >= 4 is 69.0 Å². The lowest BCUT2D eigenvalue weighted by molar-refractivity contribution is -0.128. The standard InChI is InChI=1S/C34H29Cl4N5O9/c1-40-19-13-24(52-4)23(51-3)12-18(19)39-17(30(40)47)8-9-41-31(48)42-10-7-16-20(43(42)32(41)49)14-33(37)28(45)26(35)27(36)29(46)34(33,38)25(16)15-5-6-22(50-2)21(44)11-15/h5-7,11-13,20,25,44H,8-10,14H2,1-4H3. The number of fused-ring (bicyclic) bond motifs is 5. The highest BCUT2D eigenvalue weighted by Gasteiger charge is 2.71. The molecule has 0 bridgehead atoms. The minimum Gasteiger partial charge on any atom is -0.504 e. The summed E-state index contributed by atoms with van der Waals surface area (Å²) in [6.07, 6.45) is 1.12. The number of halogens is 4. The van der Waals surface area contributed by atoms with Crippen molar-refractivity contribution in [3.05, 3.63) is 94.6 Å². The van der Waals surface area contributed by atoms with Crippen molar-refractivity contribution in [1.82, 2.24) is 23.5 Å². The van der Waals surface area contributed by atoms with E-state index in [1.807, 2.05) is 0 Å². The van der Waals surface area contributed by atoms with Gasteiger partial charge in [-0.15, -0.1) is 23.2 Å². The third kappa shape index (κ3) is 4.84. The van der Waals surface area contributed by atoms with Crippen LogP contribution in [0.1, 0.15) is 29.6 Å². The molecule has 4 aromatic rings. The molecule has 0 spiro atoms. The average Bonchev–Trinajstić information content (AvgIpc) is 3.38. The molecule has 0 saturated heterocycles. The number of ketones is 2. The van der Waals surface area contributed by atoms with E-state index in [1.165, 1.54) is 53.5 Å². The smallest absolute Gasteiger partial charge is 0.347 e. The highest BCUT2D eigenvalue weighted by atomic mass is 35.5. The lowest BCUT2D eigenvalue weighted by Gasteiger charge is -2.54. The molecule has 7 rings (SSSR count). The van der Waals surface area contributed by atoms with Gasteiger partial charge < -0.3 is 23.9 Å². The second-order valence-electron chi connectivity index (χ2n) is 12.6. The molecule has 2 aromatic carbocycles. The quantitative estimate of drug-likeness (QED) is 0.216. The summed E-state index contributed by atoms with van der Waals surface area (Å²) in [7, 11) is 5.87. The van der Waals surface area contributed by atoms with E-state index in [1.54, 1.807) is 25.3 Å². The highest BCUT2D eigenvalue weighted by Crippen LogP contribution is 2.64. The van der Waals surface area contributed by atoms with Gasteiger partial charge in [-0.05, 0) is 23.3 Å². The first-order valence-corrected chi connectivity index (χ1v) is 17.3. The monoisotopic (exact) mass is 791 g/mol. The van der Waals surface area contributed by atoms with Crippen molar-refractivity contribution in [2.75, 3.05) is 21.3 Å². The fourth-order valence-corrected chi connectivity index (χ4v) is 9.08. The maximum absolute atomic E-state index is 14.2. The van der Waals surface area contributed by atoms with E-state index in [4.69, 9.17) is 60.6 Å². The van der Waals surface area contributed by atoms with Crippen molar-refractivity contribution in [3.8, 4) is 23.0 Å². The zero-order valence-electron chi connectivity index (χ0n) is 27.9. The van der Waals surface area contributed by atoms with Gasteiger partial charge in [0.2, 0.25) is 0 Å². The molecule has 52 heavy (non-hydrogen) atoms. The van der Waals surface area contributed by atoms with Crippen LogP contribution in [0.4, 0.5) is 0 Å². The molecule has 2 aliphatic carbocycles. The molecule has 3 aliphatic rings. The molecule has 3 heterocycles. The number of carbonyl (C=O) groups excluding carboxylic acids is 2. The highest BCUT2D eigenvalue weighted by molar-refractivity contribution is 6.66. The number of carbonyl (C=O) groups is 2. The van der Waals surface area contributed by atoms with Crippen molar-refractivity contribution in [2.45, 2.75) is 47.6 Å². The maximum atomic E-state index is 14.2. The molecule has 1 fully saturated rings. The molecule has 1 N–H and O–H groups in total. The van der Waals surface area contributed by atoms with E-state index in [0.29, 0.717) is 28.1 Å². The number of rotatable bonds is 7. The Morgan fingerprint density at radius 1 is 0.904 bits per heavy atom. The van der Waals surface area contributed by atoms with Crippen LogP contribution >= 0.6 is 46.4 Å². The predicted octanol–water partition coefficient (Wildman–Crippen LogP) is 3.50. The summed E-state index contributed by atoms with van der Waals surface area (Å²) in [5.41, 5.74) is -0.255. The van der Waals surface area contributed by atoms with Crippen LogP contribution in [0, 0.1) is 0 Å². The minimum absolute atomic E-state index is 0.0923. The van der Waals surface area contributed by atoms with Gasteiger partial charge >= 0.3 is 11.4 Å². The van der Waals surface area contributed by atoms with Crippen LogP contribution in [-0.2, 0) is 36.1 Å². The number of allylic oxidation sites excluding steroid dienone is 4. The van der Waals surface area contributed by atoms with E-state index < -0.39 is 66.7 Å². The summed E-state index contributed by atoms with van der Waals surface area (Å²) in [6.45, 7) is -0.353. The van der Waals surface area contributed by atoms with Crippen molar-refractivity contribution < 1.29 is 28.9 Å². The van der Waals surface area contributed by atoms with Gasteiger partial charge in [-0.2, -0.15) is 0 Å². The molecule has 1 saturated carbocycles. The average molecular weight is 793 g/mol. The number of hydrogen-bond acceptors (Lipinski definition) is 10. The first-order chi connectivity index (χ1) is 24.6. The van der Waals surface area contributed by atoms with Crippen molar-refractivity contribution in [2.24, 2.45) is 7.05 Å². The molecule has 1 aliphatic heterocycles. The number of aromatic hydroxyl groups is 1. The summed E-state index contributed by atoms with van der Waals surface area (Å²) in [5.74, 6) is -2.45. The third-order valence-corrected chi connectivity index (χ3v) is 12.4. The fourth-order valence-electron chi connectivity index (χ4n) is 7.56. The SMILES string of the molecule is COc1ccc(C2C3=CCn4c(=O)n(CCc5nc6cc(OC)c(OC)cc6n(C)c5=O)c(=O)n4C3CC3(Cl)C(=O)C(Cl)=C(Cl)C(=O)C23Cl)cc1O. The maximum Gasteiger partial charge on any atom is 0.347 e. The van der Waals surface area contributed by atoms with Gasteiger partial charge in [-0.3, -0.25) is 14.4 Å². The predicted molar refractivity (Wildman–Crippen MR) is 192 cm³/mol. The Kier molecular flexibility index (Phi) is 8.68. The number of Topliss-reactive ketones (excluding diaryl/α,β-unsaturated/α-hetero) is 2. The minimum atomic E-state index is -2.26. The van der Waals surface area contributed by atoms with Crippen LogP contribution in [0.5, 0.6) is 23.0 Å². The number of aryl methyl sites for hydroxylation is 2. The topological polar surface area (TPSA) is 166 Å². The van der Waals surface area contributed by atoms with Gasteiger partial charge in [0.05, 0.1) is 44.9 Å². The van der Waals surface area contributed by atoms with Gasteiger partial charge in [0.1, 0.15) is 25.5 Å². The van der Waals surface area contributed by atoms with Crippen LogP contribution in [0.15, 0.2) is 66.4 Å². The van der Waals surface area contributed by atoms with Crippen LogP contribution < -0.4 is 31.1 Å². The van der Waals surface area contributed by atoms with Crippen LogP contribution in [0.2, 0.25) is 0 Å². The molecule has 272 valence electrons. The normalized spacial score (nSPS) is 24.0. The number of phenolic OH excluding ortho intramolecular Hbond substituents is 1. The molecular formula is C34H29Cl4N5O9. The Labute approximate surface area is 313 Å². The van der Waals surface area contributed by atoms with E-state index in [0.717, 1.165) is 4.57 Å². The van der Waals surface area contributed by atoms with Gasteiger partial charge in [-0.1, -0.05) is 35.3 Å². The summed E-state index contributed by atoms with van der Waals surface area (Å²) < 4.78 is 20.6. The first kappa shape index (κ1) is 35.9. The van der Waals surface area contributed by atoms with E-state index >= 15 is 0 Å².